The summed E-state index contributed by atoms with van der Waals surface area (Å²) >= 11 is 0. The van der Waals surface area contributed by atoms with Gasteiger partial charge in [-0.3, -0.25) is 9.59 Å². The number of nitrogens with zero attached hydrogens (tertiary/aromatic N) is 1. The molecule has 1 aliphatic rings. The lowest BCUT2D eigenvalue weighted by molar-refractivity contribution is 0.0976. The summed E-state index contributed by atoms with van der Waals surface area (Å²) in [4.78, 5) is 27.9. The molecule has 29 heavy (non-hydrogen) atoms. The summed E-state index contributed by atoms with van der Waals surface area (Å²) in [6.45, 7) is 4.36. The molecule has 0 saturated carbocycles. The molecular formula is C24H22N2O3. The second kappa shape index (κ2) is 7.43. The number of fused-ring (bicyclic) bond motifs is 1. The Hall–Kier alpha value is -3.60. The molecule has 2 amide bonds. The van der Waals surface area contributed by atoms with Gasteiger partial charge in [-0.05, 0) is 66.9 Å². The van der Waals surface area contributed by atoms with Gasteiger partial charge >= 0.3 is 0 Å². The van der Waals surface area contributed by atoms with Gasteiger partial charge in [0.25, 0.3) is 11.8 Å². The molecule has 0 aliphatic carbocycles. The van der Waals surface area contributed by atoms with E-state index in [9.17, 15) is 9.59 Å². The Bertz CT molecular complexity index is 1100. The number of hydrogen-bond acceptors (Lipinski definition) is 3. The second-order valence-corrected chi connectivity index (χ2v) is 7.20. The first kappa shape index (κ1) is 18.7. The van der Waals surface area contributed by atoms with Crippen LogP contribution in [0, 0.1) is 13.8 Å². The van der Waals surface area contributed by atoms with Gasteiger partial charge in [-0.1, -0.05) is 24.3 Å². The van der Waals surface area contributed by atoms with E-state index in [1.54, 1.807) is 18.1 Å². The van der Waals surface area contributed by atoms with E-state index >= 15 is 0 Å². The van der Waals surface area contributed by atoms with Crippen LogP contribution >= 0.6 is 0 Å². The number of rotatable bonds is 4. The van der Waals surface area contributed by atoms with Crippen LogP contribution in [0.1, 0.15) is 37.4 Å². The molecule has 3 aromatic carbocycles. The van der Waals surface area contributed by atoms with Crippen molar-refractivity contribution in [2.75, 3.05) is 17.3 Å². The van der Waals surface area contributed by atoms with E-state index in [0.29, 0.717) is 17.7 Å². The van der Waals surface area contributed by atoms with Crippen molar-refractivity contribution >= 4 is 23.2 Å². The quantitative estimate of drug-likeness (QED) is 0.706. The number of methoxy groups -OCH3 is 1. The van der Waals surface area contributed by atoms with Crippen molar-refractivity contribution in [2.24, 2.45) is 0 Å². The first-order chi connectivity index (χ1) is 14.0. The van der Waals surface area contributed by atoms with Crippen LogP contribution in [0.15, 0.2) is 60.7 Å². The third kappa shape index (κ3) is 3.47. The molecular weight excluding hydrogens is 364 g/mol. The fourth-order valence-corrected chi connectivity index (χ4v) is 3.58. The number of nitrogens with one attached hydrogen (secondary N) is 1. The van der Waals surface area contributed by atoms with Gasteiger partial charge in [-0.25, -0.2) is 0 Å². The Morgan fingerprint density at radius 1 is 1.03 bits per heavy atom. The second-order valence-electron chi connectivity index (χ2n) is 7.20. The summed E-state index contributed by atoms with van der Waals surface area (Å²) in [6.07, 6.45) is 0. The minimum Gasteiger partial charge on any atom is -0.497 e. The Morgan fingerprint density at radius 2 is 1.79 bits per heavy atom. The molecule has 5 heteroatoms. The highest BCUT2D eigenvalue weighted by molar-refractivity contribution is 6.18. The third-order valence-electron chi connectivity index (χ3n) is 5.21. The van der Waals surface area contributed by atoms with E-state index in [2.05, 4.69) is 5.32 Å². The number of benzene rings is 3. The van der Waals surface area contributed by atoms with E-state index in [1.807, 2.05) is 68.4 Å². The van der Waals surface area contributed by atoms with Crippen molar-refractivity contribution < 1.29 is 14.3 Å². The molecule has 1 heterocycles. The highest BCUT2D eigenvalue weighted by Gasteiger charge is 2.32. The fourth-order valence-electron chi connectivity index (χ4n) is 3.58. The highest BCUT2D eigenvalue weighted by Crippen LogP contribution is 2.32. The molecule has 1 aliphatic heterocycles. The van der Waals surface area contributed by atoms with Gasteiger partial charge in [0.1, 0.15) is 5.75 Å². The summed E-state index contributed by atoms with van der Waals surface area (Å²) in [6, 6.07) is 18.7. The summed E-state index contributed by atoms with van der Waals surface area (Å²) in [5.41, 5.74) is 5.27. The predicted octanol–water partition coefficient (Wildman–Crippen LogP) is 4.72. The largest absolute Gasteiger partial charge is 0.497 e. The number of anilines is 2. The number of amides is 2. The van der Waals surface area contributed by atoms with Gasteiger partial charge in [-0.2, -0.15) is 0 Å². The van der Waals surface area contributed by atoms with Crippen molar-refractivity contribution in [3.05, 3.63) is 88.5 Å². The highest BCUT2D eigenvalue weighted by atomic mass is 16.5. The lowest BCUT2D eigenvalue weighted by Crippen LogP contribution is -2.24. The van der Waals surface area contributed by atoms with E-state index in [-0.39, 0.29) is 11.8 Å². The van der Waals surface area contributed by atoms with Crippen LogP contribution in [-0.4, -0.2) is 18.9 Å². The molecule has 0 unspecified atom stereocenters. The van der Waals surface area contributed by atoms with Crippen molar-refractivity contribution in [1.29, 1.82) is 0 Å². The topological polar surface area (TPSA) is 58.6 Å². The molecule has 5 nitrogen and oxygen atoms in total. The minimum atomic E-state index is -0.277. The van der Waals surface area contributed by atoms with Crippen LogP contribution in [0.25, 0.3) is 0 Å². The Morgan fingerprint density at radius 3 is 2.52 bits per heavy atom. The van der Waals surface area contributed by atoms with Gasteiger partial charge in [0.2, 0.25) is 0 Å². The maximum atomic E-state index is 13.2. The number of hydrogen-bond donors (Lipinski definition) is 1. The molecule has 0 fully saturated rings. The zero-order chi connectivity index (χ0) is 20.5. The number of carbonyl (C=O) groups is 2. The Kier molecular flexibility index (Phi) is 4.80. The number of ether oxygens (including phenoxy) is 1. The van der Waals surface area contributed by atoms with Gasteiger partial charge in [0.15, 0.2) is 0 Å². The SMILES string of the molecule is COc1ccc(N2Cc3cccc(C(=O)Nc4cc(C)ccc4C)c3C2=O)cc1. The monoisotopic (exact) mass is 386 g/mol. The van der Waals surface area contributed by atoms with Gasteiger partial charge in [0.05, 0.1) is 24.8 Å². The maximum Gasteiger partial charge on any atom is 0.259 e. The van der Waals surface area contributed by atoms with Crippen LogP contribution in [-0.2, 0) is 6.54 Å². The smallest absolute Gasteiger partial charge is 0.259 e. The molecule has 0 aromatic heterocycles. The van der Waals surface area contributed by atoms with Crippen molar-refractivity contribution in [2.45, 2.75) is 20.4 Å². The van der Waals surface area contributed by atoms with Crippen molar-refractivity contribution in [1.82, 2.24) is 0 Å². The van der Waals surface area contributed by atoms with Crippen LogP contribution in [0.3, 0.4) is 0 Å². The molecule has 1 N–H and O–H groups in total. The van der Waals surface area contributed by atoms with E-state index in [0.717, 1.165) is 33.8 Å². The zero-order valence-corrected chi connectivity index (χ0v) is 16.7. The van der Waals surface area contributed by atoms with Gasteiger partial charge in [0, 0.05) is 11.4 Å². The molecule has 0 spiro atoms. The first-order valence-corrected chi connectivity index (χ1v) is 9.44. The molecule has 0 atom stereocenters. The average Bonchev–Trinajstić information content (AvgIpc) is 3.07. The predicted molar refractivity (Wildman–Crippen MR) is 114 cm³/mol. The van der Waals surface area contributed by atoms with Gasteiger partial charge < -0.3 is 15.0 Å². The maximum absolute atomic E-state index is 13.2. The zero-order valence-electron chi connectivity index (χ0n) is 16.7. The summed E-state index contributed by atoms with van der Waals surface area (Å²) < 4.78 is 5.19. The van der Waals surface area contributed by atoms with Crippen molar-refractivity contribution in [3.63, 3.8) is 0 Å². The molecule has 0 bridgehead atoms. The lowest BCUT2D eigenvalue weighted by atomic mass is 10.0. The standard InChI is InChI=1S/C24H22N2O3/c1-15-7-8-16(2)21(13-15)25-23(27)20-6-4-5-17-14-26(24(28)22(17)20)18-9-11-19(29-3)12-10-18/h4-13H,14H2,1-3H3,(H,25,27). The lowest BCUT2D eigenvalue weighted by Gasteiger charge is -2.16. The molecule has 4 rings (SSSR count). The summed E-state index contributed by atoms with van der Waals surface area (Å²) in [5.74, 6) is 0.281. The average molecular weight is 386 g/mol. The minimum absolute atomic E-state index is 0.170. The Labute approximate surface area is 169 Å². The first-order valence-electron chi connectivity index (χ1n) is 9.44. The molecule has 0 saturated heterocycles. The van der Waals surface area contributed by atoms with Crippen molar-refractivity contribution in [3.8, 4) is 5.75 Å². The molecule has 146 valence electrons. The molecule has 0 radical (unpaired) electrons. The summed E-state index contributed by atoms with van der Waals surface area (Å²) in [5, 5.41) is 2.96. The van der Waals surface area contributed by atoms with E-state index in [1.165, 1.54) is 0 Å². The normalized spacial score (nSPS) is 12.7. The van der Waals surface area contributed by atoms with Crippen LogP contribution in [0.5, 0.6) is 5.75 Å². The summed E-state index contributed by atoms with van der Waals surface area (Å²) in [7, 11) is 1.60. The van der Waals surface area contributed by atoms with E-state index < -0.39 is 0 Å². The molecule has 3 aromatic rings. The number of carbonyl (C=O) groups excluding carboxylic acids is 2. The fraction of sp³-hybridized carbons (Fsp3) is 0.167. The van der Waals surface area contributed by atoms with E-state index in [4.69, 9.17) is 4.74 Å². The van der Waals surface area contributed by atoms with Crippen LogP contribution in [0.2, 0.25) is 0 Å². The Balaban J connectivity index is 1.64. The van der Waals surface area contributed by atoms with Crippen LogP contribution in [0.4, 0.5) is 11.4 Å². The third-order valence-corrected chi connectivity index (χ3v) is 5.21. The number of aryl methyl sites for hydroxylation is 2. The van der Waals surface area contributed by atoms with Gasteiger partial charge in [-0.15, -0.1) is 0 Å². The van der Waals surface area contributed by atoms with Crippen LogP contribution < -0.4 is 15.0 Å².